The van der Waals surface area contributed by atoms with Gasteiger partial charge in [0, 0.05) is 43.6 Å². The van der Waals surface area contributed by atoms with Crippen molar-refractivity contribution in [1.29, 1.82) is 0 Å². The lowest BCUT2D eigenvalue weighted by Crippen LogP contribution is -2.26. The zero-order valence-corrected chi connectivity index (χ0v) is 25.1. The van der Waals surface area contributed by atoms with Crippen molar-refractivity contribution in [2.45, 2.75) is 95.5 Å². The standard InChI is InChI=1S/C33H48N4O4/c1-36(20-19-31(38)23-9-10-23)33(39)25-11-13-26(14-12-25)34-32(24-7-5-4-6-8-24)29-21-37(35-30(29)22-40-2)27-15-17-28(41-3)18-16-27/h11-14,17,21,24,27,32-34,38-39H,4-10,15-16,18-20,22H2,1-3H3/p+1. The van der Waals surface area contributed by atoms with Crippen LogP contribution < -0.4 is 5.32 Å². The number of rotatable bonds is 13. The molecule has 2 fully saturated rings. The third-order valence-corrected chi connectivity index (χ3v) is 9.16. The summed E-state index contributed by atoms with van der Waals surface area (Å²) in [6, 6.07) is 8.65. The lowest BCUT2D eigenvalue weighted by Gasteiger charge is -2.32. The van der Waals surface area contributed by atoms with E-state index in [1.54, 1.807) is 7.11 Å². The van der Waals surface area contributed by atoms with Crippen molar-refractivity contribution >= 4 is 5.69 Å². The van der Waals surface area contributed by atoms with Gasteiger partial charge in [-0.15, -0.1) is 0 Å². The lowest BCUT2D eigenvalue weighted by molar-refractivity contribution is 0.0201. The van der Waals surface area contributed by atoms with Gasteiger partial charge in [0.1, 0.15) is 6.23 Å². The molecular weight excluding hydrogens is 516 g/mol. The summed E-state index contributed by atoms with van der Waals surface area (Å²) in [4.78, 5) is 1.88. The van der Waals surface area contributed by atoms with Crippen LogP contribution >= 0.6 is 0 Å². The normalized spacial score (nSPS) is 21.0. The molecule has 2 saturated carbocycles. The van der Waals surface area contributed by atoms with Gasteiger partial charge in [-0.3, -0.25) is 9.58 Å². The summed E-state index contributed by atoms with van der Waals surface area (Å²) in [7, 11) is 5.52. The molecule has 0 spiro atoms. The highest BCUT2D eigenvalue weighted by Gasteiger charge is 2.30. The van der Waals surface area contributed by atoms with Crippen molar-refractivity contribution in [2.75, 3.05) is 33.1 Å². The zero-order chi connectivity index (χ0) is 28.8. The third kappa shape index (κ3) is 7.53. The maximum atomic E-state index is 10.9. The maximum Gasteiger partial charge on any atom is 0.225 e. The molecule has 8 nitrogen and oxygen atoms in total. The molecular formula is C33H49N4O4+. The number of aliphatic hydroxyl groups excluding tert-OH is 2. The topological polar surface area (TPSA) is 95.6 Å². The van der Waals surface area contributed by atoms with Crippen LogP contribution in [-0.2, 0) is 11.3 Å². The summed E-state index contributed by atoms with van der Waals surface area (Å²) in [6.45, 7) is 1.10. The Labute approximate surface area is 245 Å². The number of ether oxygens (including phenoxy) is 2. The zero-order valence-electron chi connectivity index (χ0n) is 25.1. The van der Waals surface area contributed by atoms with Gasteiger partial charge in [-0.1, -0.05) is 31.4 Å². The van der Waals surface area contributed by atoms with E-state index in [0.717, 1.165) is 54.6 Å². The highest BCUT2D eigenvalue weighted by Crippen LogP contribution is 2.39. The average molecular weight is 566 g/mol. The molecule has 2 aromatic rings. The minimum absolute atomic E-state index is 0.145. The Balaban J connectivity index is 1.33. The predicted octanol–water partition coefficient (Wildman–Crippen LogP) is 6.45. The molecule has 8 heteroatoms. The second-order valence-electron chi connectivity index (χ2n) is 12.1. The first-order chi connectivity index (χ1) is 20.0. The molecule has 0 aliphatic heterocycles. The molecule has 1 heterocycles. The Kier molecular flexibility index (Phi) is 10.1. The molecule has 1 aromatic carbocycles. The Morgan fingerprint density at radius 3 is 2.54 bits per heavy atom. The van der Waals surface area contributed by atoms with E-state index in [-0.39, 0.29) is 6.04 Å². The second kappa shape index (κ2) is 13.9. The number of hydrogen-bond donors (Lipinski definition) is 3. The first-order valence-corrected chi connectivity index (χ1v) is 15.5. The summed E-state index contributed by atoms with van der Waals surface area (Å²) in [5.41, 5.74) is 5.31. The molecule has 4 N–H and O–H groups in total. The van der Waals surface area contributed by atoms with Crippen LogP contribution in [0.15, 0.2) is 53.6 Å². The number of methoxy groups -OCH3 is 1. The first kappa shape index (κ1) is 29.7. The van der Waals surface area contributed by atoms with E-state index in [1.807, 2.05) is 31.2 Å². The third-order valence-electron chi connectivity index (χ3n) is 9.16. The number of allylic oxidation sites excluding steroid dienone is 3. The Morgan fingerprint density at radius 2 is 1.90 bits per heavy atom. The highest BCUT2D eigenvalue weighted by atomic mass is 16.5. The number of aliphatic hydroxyl groups is 4. The van der Waals surface area contributed by atoms with Gasteiger partial charge in [0.05, 0.1) is 36.6 Å². The average Bonchev–Trinajstić information content (AvgIpc) is 3.79. The van der Waals surface area contributed by atoms with Crippen LogP contribution in [0.2, 0.25) is 0 Å². The van der Waals surface area contributed by atoms with Crippen molar-refractivity contribution in [3.63, 3.8) is 0 Å². The molecule has 3 aliphatic rings. The van der Waals surface area contributed by atoms with Crippen LogP contribution in [0.3, 0.4) is 0 Å². The number of anilines is 1. The van der Waals surface area contributed by atoms with Gasteiger partial charge in [0.15, 0.2) is 7.11 Å². The van der Waals surface area contributed by atoms with Crippen molar-refractivity contribution in [3.05, 3.63) is 70.5 Å². The minimum atomic E-state index is -0.715. The molecule has 1 aromatic heterocycles. The van der Waals surface area contributed by atoms with Crippen molar-refractivity contribution < 1.29 is 19.7 Å². The largest absolute Gasteiger partial charge is 0.588 e. The van der Waals surface area contributed by atoms with Gasteiger partial charge in [-0.25, -0.2) is 0 Å². The molecule has 3 unspecified atom stereocenters. The molecule has 3 aliphatic carbocycles. The molecule has 41 heavy (non-hydrogen) atoms. The molecule has 5 rings (SSSR count). The Morgan fingerprint density at radius 1 is 1.15 bits per heavy atom. The number of aromatic nitrogens is 2. The fraction of sp³-hybridized carbons (Fsp3) is 0.606. The van der Waals surface area contributed by atoms with Crippen LogP contribution in [0, 0.1) is 5.92 Å². The monoisotopic (exact) mass is 565 g/mol. The van der Waals surface area contributed by atoms with Crippen molar-refractivity contribution in [1.82, 2.24) is 14.7 Å². The van der Waals surface area contributed by atoms with E-state index < -0.39 is 6.23 Å². The van der Waals surface area contributed by atoms with Crippen molar-refractivity contribution in [2.24, 2.45) is 5.92 Å². The second-order valence-corrected chi connectivity index (χ2v) is 12.1. The smallest absolute Gasteiger partial charge is 0.225 e. The van der Waals surface area contributed by atoms with E-state index >= 15 is 0 Å². The van der Waals surface area contributed by atoms with E-state index in [0.29, 0.717) is 37.3 Å². The fourth-order valence-electron chi connectivity index (χ4n) is 6.42. The van der Waals surface area contributed by atoms with Gasteiger partial charge >= 0.3 is 0 Å². The summed E-state index contributed by atoms with van der Waals surface area (Å²) < 4.78 is 12.2. The lowest BCUT2D eigenvalue weighted by atomic mass is 9.81. The molecule has 0 radical (unpaired) electrons. The van der Waals surface area contributed by atoms with Gasteiger partial charge in [0.2, 0.25) is 5.76 Å². The Hall–Kier alpha value is -2.81. The van der Waals surface area contributed by atoms with Gasteiger partial charge in [-0.05, 0) is 74.8 Å². The van der Waals surface area contributed by atoms with Crippen LogP contribution in [0.5, 0.6) is 0 Å². The number of nitrogens with one attached hydrogen (secondary N) is 1. The maximum absolute atomic E-state index is 10.9. The summed E-state index contributed by atoms with van der Waals surface area (Å²) in [5, 5.41) is 30.0. The fourth-order valence-corrected chi connectivity index (χ4v) is 6.42. The van der Waals surface area contributed by atoms with E-state index in [1.165, 1.54) is 43.4 Å². The van der Waals surface area contributed by atoms with Crippen molar-refractivity contribution in [3.8, 4) is 0 Å². The molecule has 0 amide bonds. The van der Waals surface area contributed by atoms with Crippen LogP contribution in [-0.4, -0.2) is 57.4 Å². The van der Waals surface area contributed by atoms with E-state index in [4.69, 9.17) is 9.84 Å². The minimum Gasteiger partial charge on any atom is -0.588 e. The molecule has 224 valence electrons. The van der Waals surface area contributed by atoms with E-state index in [9.17, 15) is 10.2 Å². The van der Waals surface area contributed by atoms with Crippen LogP contribution in [0.1, 0.15) is 106 Å². The van der Waals surface area contributed by atoms with Crippen LogP contribution in [0.4, 0.5) is 5.69 Å². The molecule has 0 bridgehead atoms. The summed E-state index contributed by atoms with van der Waals surface area (Å²) in [6.07, 6.45) is 15.6. The highest BCUT2D eigenvalue weighted by molar-refractivity contribution is 5.48. The molecule has 3 atom stereocenters. The number of benzene rings is 1. The number of nitrogens with zero attached hydrogens (tertiary/aromatic N) is 3. The van der Waals surface area contributed by atoms with Gasteiger partial charge < -0.3 is 25.0 Å². The predicted molar refractivity (Wildman–Crippen MR) is 163 cm³/mol. The Bertz CT molecular complexity index is 1190. The number of hydrogen-bond acceptors (Lipinski definition) is 6. The van der Waals surface area contributed by atoms with E-state index in [2.05, 4.69) is 39.1 Å². The molecule has 0 saturated heterocycles. The van der Waals surface area contributed by atoms with Gasteiger partial charge in [-0.2, -0.15) is 5.10 Å². The van der Waals surface area contributed by atoms with Crippen LogP contribution in [0.25, 0.3) is 0 Å². The van der Waals surface area contributed by atoms with Gasteiger partial charge in [0.25, 0.3) is 0 Å². The SMILES string of the molecule is COCc1nn(C2CC=C([OH+]C)CC2)cc1C(Nc1ccc(C(O)N(C)CCC(O)=C2CC2)cc1)C1CCCCC1. The summed E-state index contributed by atoms with van der Waals surface area (Å²) >= 11 is 0. The summed E-state index contributed by atoms with van der Waals surface area (Å²) in [5.74, 6) is 2.22. The first-order valence-electron chi connectivity index (χ1n) is 15.5. The quantitative estimate of drug-likeness (QED) is 0.147.